The van der Waals surface area contributed by atoms with Crippen molar-refractivity contribution >= 4 is 10.4 Å². The van der Waals surface area contributed by atoms with Crippen LogP contribution in [0.5, 0.6) is 0 Å². The van der Waals surface area contributed by atoms with Crippen molar-refractivity contribution in [2.75, 3.05) is 19.8 Å². The van der Waals surface area contributed by atoms with Gasteiger partial charge in [0.05, 0.1) is 13.2 Å². The van der Waals surface area contributed by atoms with Crippen LogP contribution in [0.25, 0.3) is 0 Å². The zero-order valence-electron chi connectivity index (χ0n) is 16.1. The molecule has 8 N–H and O–H groups in total. The molecule has 0 bridgehead atoms. The monoisotopic (exact) mass is 516 g/mol. The number of rotatable bonds is 5. The van der Waals surface area contributed by atoms with Crippen LogP contribution in [-0.2, 0) is 24.6 Å². The Kier molecular flexibility index (Phi) is 17.4. The van der Waals surface area contributed by atoms with Crippen molar-refractivity contribution < 1.29 is 175 Å². The minimum atomic E-state index is -5.17. The normalized spacial score (nSPS) is 41.1. The summed E-state index contributed by atoms with van der Waals surface area (Å²) in [6.45, 7) is -2.32. The van der Waals surface area contributed by atoms with Gasteiger partial charge < -0.3 is 64.2 Å². The molecule has 0 aliphatic carbocycles. The predicted molar refractivity (Wildman–Crippen MR) is 79.1 cm³/mol. The van der Waals surface area contributed by atoms with Crippen molar-refractivity contribution in [3.63, 3.8) is 0 Å². The molecule has 0 unspecified atom stereocenters. The fourth-order valence-electron chi connectivity index (χ4n) is 2.63. The van der Waals surface area contributed by atoms with Gasteiger partial charge in [-0.15, -0.1) is 0 Å². The van der Waals surface area contributed by atoms with Gasteiger partial charge in [0.15, 0.2) is 6.29 Å². The van der Waals surface area contributed by atoms with Crippen LogP contribution in [0.1, 0.15) is 0 Å². The fourth-order valence-corrected chi connectivity index (χ4v) is 2.63. The summed E-state index contributed by atoms with van der Waals surface area (Å²) < 4.78 is 49.5. The molecule has 15 nitrogen and oxygen atoms in total. The molecule has 9 atom stereocenters. The summed E-state index contributed by atoms with van der Waals surface area (Å²) in [5.41, 5.74) is 0. The third-order valence-corrected chi connectivity index (χ3v) is 4.07. The van der Waals surface area contributed by atoms with Gasteiger partial charge in [0, 0.05) is 10.4 Å². The Hall–Kier alpha value is 2.70. The number of aliphatic hydroxyl groups excluding tert-OH is 8. The number of ether oxygens (including phenoxy) is 3. The Bertz CT molecular complexity index is 586. The molecule has 2 aliphatic rings. The minimum Gasteiger partial charge on any atom is -0.759 e. The Labute approximate surface area is 256 Å². The van der Waals surface area contributed by atoms with Gasteiger partial charge in [-0.05, 0) is 0 Å². The average Bonchev–Trinajstić information content (AvgIpc) is 2.86. The molecule has 2 saturated heterocycles. The smallest absolute Gasteiger partial charge is 0.759 e. The second-order valence-corrected chi connectivity index (χ2v) is 6.78. The van der Waals surface area contributed by atoms with Gasteiger partial charge in [0.1, 0.15) is 49.3 Å². The molecule has 2 aliphatic heterocycles. The maximum absolute atomic E-state index is 10.00. The molecule has 0 aromatic heterocycles. The molecule has 30 heavy (non-hydrogen) atoms. The molecule has 0 saturated carbocycles. The van der Waals surface area contributed by atoms with Crippen LogP contribution in [0.2, 0.25) is 0 Å². The SMILES string of the molecule is O=S(=O)([O-])[O-].OC[C@H]1O[C@@](CO)(O[C@H]2O[C@H](CO)[C@@H](O)[C@H](O)[C@H]2O)[C@@H](O)[C@@H]1O.[K+].[K+]. The summed E-state index contributed by atoms with van der Waals surface area (Å²) in [4.78, 5) is 0. The zero-order valence-corrected chi connectivity index (χ0v) is 23.1. The van der Waals surface area contributed by atoms with Crippen LogP contribution in [-0.4, -0.2) is 133 Å². The van der Waals surface area contributed by atoms with E-state index < -0.39 is 85.0 Å². The molecule has 2 fully saturated rings. The number of hydrogen-bond acceptors (Lipinski definition) is 15. The zero-order chi connectivity index (χ0) is 21.9. The quantitative estimate of drug-likeness (QED) is 0.0957. The standard InChI is InChI=1S/C12H22O11.2K.H2O4S/c13-1-4-6(16)8(18)9(19)11(21-4)23-12(3-15)10(20)7(17)5(2-14)22-12;;;1-5(2,3)4/h4-11,13-20H,1-3H2;;;(H2,1,2,3,4)/q;2*+1;/p-2/t4-,5-,6-,7-,8+,9-,10+,11-,12+;;;/m1.../s1. The molecule has 0 radical (unpaired) electrons. The van der Waals surface area contributed by atoms with Crippen LogP contribution in [0.15, 0.2) is 0 Å². The van der Waals surface area contributed by atoms with E-state index in [0.717, 1.165) is 0 Å². The van der Waals surface area contributed by atoms with Crippen LogP contribution in [0, 0.1) is 0 Å². The van der Waals surface area contributed by atoms with E-state index in [1.807, 2.05) is 0 Å². The Balaban J connectivity index is 0. The topological polar surface area (TPSA) is 270 Å². The van der Waals surface area contributed by atoms with Gasteiger partial charge in [-0.2, -0.15) is 0 Å². The molecule has 168 valence electrons. The first-order valence-electron chi connectivity index (χ1n) is 7.72. The van der Waals surface area contributed by atoms with E-state index in [0.29, 0.717) is 0 Å². The number of hydrogen-bond donors (Lipinski definition) is 8. The van der Waals surface area contributed by atoms with Crippen molar-refractivity contribution in [2.45, 2.75) is 54.8 Å². The van der Waals surface area contributed by atoms with Gasteiger partial charge in [-0.25, -0.2) is 0 Å². The van der Waals surface area contributed by atoms with Crippen LogP contribution in [0.3, 0.4) is 0 Å². The summed E-state index contributed by atoms with van der Waals surface area (Å²) in [6, 6.07) is 0. The number of aliphatic hydroxyl groups is 8. The first-order valence-corrected chi connectivity index (χ1v) is 9.05. The average molecular weight is 517 g/mol. The molecule has 0 amide bonds. The summed E-state index contributed by atoms with van der Waals surface area (Å²) in [5.74, 6) is -2.22. The molecule has 18 heteroatoms. The molecule has 0 spiro atoms. The van der Waals surface area contributed by atoms with Crippen molar-refractivity contribution in [1.29, 1.82) is 0 Å². The second-order valence-electron chi connectivity index (χ2n) is 5.97. The van der Waals surface area contributed by atoms with E-state index in [9.17, 15) is 30.6 Å². The maximum Gasteiger partial charge on any atom is 1.00 e. The van der Waals surface area contributed by atoms with Crippen molar-refractivity contribution in [1.82, 2.24) is 0 Å². The third-order valence-electron chi connectivity index (χ3n) is 4.07. The van der Waals surface area contributed by atoms with E-state index in [-0.39, 0.29) is 103 Å². The van der Waals surface area contributed by atoms with Crippen LogP contribution < -0.4 is 103 Å². The van der Waals surface area contributed by atoms with E-state index >= 15 is 0 Å². The van der Waals surface area contributed by atoms with Crippen molar-refractivity contribution in [3.8, 4) is 0 Å². The molecule has 2 heterocycles. The molecule has 0 aromatic rings. The first-order chi connectivity index (χ1) is 12.8. The van der Waals surface area contributed by atoms with Gasteiger partial charge in [-0.1, -0.05) is 0 Å². The summed E-state index contributed by atoms with van der Waals surface area (Å²) in [6.07, 6.45) is -12.7. The Morgan fingerprint density at radius 2 is 1.30 bits per heavy atom. The van der Waals surface area contributed by atoms with Crippen molar-refractivity contribution in [2.24, 2.45) is 0 Å². The summed E-state index contributed by atoms with van der Waals surface area (Å²) >= 11 is 0. The predicted octanol–water partition coefficient (Wildman–Crippen LogP) is -12.7. The van der Waals surface area contributed by atoms with Gasteiger partial charge in [0.25, 0.3) is 0 Å². The molecule has 2 rings (SSSR count). The van der Waals surface area contributed by atoms with E-state index in [1.54, 1.807) is 0 Å². The second kappa shape index (κ2) is 15.0. The maximum atomic E-state index is 10.00. The first kappa shape index (κ1) is 34.9. The van der Waals surface area contributed by atoms with E-state index in [4.69, 9.17) is 41.9 Å². The molecular weight excluding hydrogens is 494 g/mol. The molecular formula is C12H22K2O15S. The summed E-state index contributed by atoms with van der Waals surface area (Å²) in [5, 5.41) is 76.7. The third kappa shape index (κ3) is 9.39. The van der Waals surface area contributed by atoms with Crippen LogP contribution in [0.4, 0.5) is 0 Å². The van der Waals surface area contributed by atoms with E-state index in [1.165, 1.54) is 0 Å². The van der Waals surface area contributed by atoms with Gasteiger partial charge >= 0.3 is 103 Å². The largest absolute Gasteiger partial charge is 1.00 e. The fraction of sp³-hybridized carbons (Fsp3) is 1.00. The summed E-state index contributed by atoms with van der Waals surface area (Å²) in [7, 11) is -5.17. The van der Waals surface area contributed by atoms with Gasteiger partial charge in [-0.3, -0.25) is 8.42 Å². The van der Waals surface area contributed by atoms with E-state index in [2.05, 4.69) is 0 Å². The van der Waals surface area contributed by atoms with Gasteiger partial charge in [0.2, 0.25) is 5.79 Å². The minimum absolute atomic E-state index is 0. The van der Waals surface area contributed by atoms with Crippen molar-refractivity contribution in [3.05, 3.63) is 0 Å². The Morgan fingerprint density at radius 3 is 1.67 bits per heavy atom. The van der Waals surface area contributed by atoms with Crippen LogP contribution >= 0.6 is 0 Å². The molecule has 0 aromatic carbocycles. The Morgan fingerprint density at radius 1 is 0.833 bits per heavy atom.